The quantitative estimate of drug-likeness (QED) is 0.0436. The van der Waals surface area contributed by atoms with Crippen molar-refractivity contribution in [3.63, 3.8) is 0 Å². The van der Waals surface area contributed by atoms with Crippen LogP contribution in [0.3, 0.4) is 0 Å². The Bertz CT molecular complexity index is 3200. The number of aliphatic hydroxyl groups excluding tert-OH is 1. The molecule has 2 aromatic carbocycles. The van der Waals surface area contributed by atoms with Crippen LogP contribution in [0.1, 0.15) is 91.9 Å². The van der Waals surface area contributed by atoms with E-state index in [1.165, 1.54) is 4.90 Å². The minimum absolute atomic E-state index is 0.0448. The summed E-state index contributed by atoms with van der Waals surface area (Å²) < 4.78 is 24.6. The summed E-state index contributed by atoms with van der Waals surface area (Å²) in [6.07, 6.45) is 1.36. The molecule has 2 aliphatic rings. The number of likely N-dealkylation sites (tertiary alicyclic amines) is 1. The summed E-state index contributed by atoms with van der Waals surface area (Å²) in [7, 11) is 1.61. The molecule has 0 unspecified atom stereocenters. The van der Waals surface area contributed by atoms with Crippen LogP contribution in [-0.4, -0.2) is 133 Å². The van der Waals surface area contributed by atoms with Gasteiger partial charge in [-0.3, -0.25) is 19.2 Å². The molecule has 9 rings (SSSR count). The van der Waals surface area contributed by atoms with Gasteiger partial charge in [-0.15, -0.1) is 11.3 Å². The molecule has 1 aliphatic carbocycles. The van der Waals surface area contributed by atoms with Gasteiger partial charge in [0.15, 0.2) is 0 Å². The molecular formula is C53H64N12O9S. The molecule has 6 N–H and O–H groups in total. The maximum atomic E-state index is 14.1. The normalized spacial score (nSPS) is 16.1. The van der Waals surface area contributed by atoms with E-state index in [-0.39, 0.29) is 58.3 Å². The van der Waals surface area contributed by atoms with Gasteiger partial charge in [-0.2, -0.15) is 5.10 Å². The molecule has 0 radical (unpaired) electrons. The number of methoxy groups -OCH3 is 1. The Hall–Kier alpha value is -7.27. The van der Waals surface area contributed by atoms with E-state index in [4.69, 9.17) is 28.8 Å². The maximum Gasteiger partial charge on any atom is 0.289 e. The van der Waals surface area contributed by atoms with Crippen LogP contribution in [0.15, 0.2) is 52.5 Å². The summed E-state index contributed by atoms with van der Waals surface area (Å²) in [5.74, 6) is 0.846. The van der Waals surface area contributed by atoms with Crippen LogP contribution in [0.25, 0.3) is 43.5 Å². The highest BCUT2D eigenvalue weighted by molar-refractivity contribution is 7.13. The van der Waals surface area contributed by atoms with Gasteiger partial charge in [0.05, 0.1) is 71.5 Å². The lowest BCUT2D eigenvalue weighted by atomic mass is 9.85. The molecule has 4 amide bonds. The number of ether oxygens (including phenoxy) is 3. The number of nitrogens with zero attached hydrogens (tertiary/aromatic N) is 7. The van der Waals surface area contributed by atoms with Gasteiger partial charge in [0, 0.05) is 61.1 Å². The van der Waals surface area contributed by atoms with Gasteiger partial charge < -0.3 is 55.0 Å². The Balaban J connectivity index is 0.775. The Kier molecular flexibility index (Phi) is 15.6. The largest absolute Gasteiger partial charge is 0.496 e. The van der Waals surface area contributed by atoms with Gasteiger partial charge in [0.25, 0.3) is 5.91 Å². The van der Waals surface area contributed by atoms with Crippen molar-refractivity contribution in [3.05, 3.63) is 82.2 Å². The molecule has 396 valence electrons. The van der Waals surface area contributed by atoms with E-state index >= 15 is 0 Å². The van der Waals surface area contributed by atoms with Crippen molar-refractivity contribution < 1.29 is 43.0 Å². The van der Waals surface area contributed by atoms with Crippen LogP contribution < -0.4 is 26.0 Å². The number of carbonyl (C=O) groups excluding carboxylic acids is 4. The third kappa shape index (κ3) is 11.7. The lowest BCUT2D eigenvalue weighted by molar-refractivity contribution is -0.144. The van der Waals surface area contributed by atoms with E-state index in [9.17, 15) is 24.3 Å². The zero-order chi connectivity index (χ0) is 53.1. The summed E-state index contributed by atoms with van der Waals surface area (Å²) in [5, 5.41) is 33.1. The third-order valence-electron chi connectivity index (χ3n) is 13.5. The van der Waals surface area contributed by atoms with Crippen molar-refractivity contribution in [1.29, 1.82) is 0 Å². The van der Waals surface area contributed by atoms with Crippen LogP contribution >= 0.6 is 11.3 Å². The standard InChI is InChI=1S/C53H64N12O9S/c1-9-65-41(23-37(62-65)32-14-15-32)58-48-44-35-22-40(71-8)36(43-28(2)63-74-30(43)4)21-38(35)57-47(44)60-49(61-48)51(69)54-16-17-72-18-19-73-26-42(67)59-46(53(5,6)7)52(70)64-25-34(66)20-39(64)50(68)55-24-31-10-12-33(13-11-31)45-29(3)56-27-75-45/h10-13,21-23,27,32,34,39,46,66H,9,14-20,24-26H2,1-8H3,(H,54,69)(H,55,68)(H,59,67)(H2,57,58,60,61)/t34-,39+,46-/m1/s1. The van der Waals surface area contributed by atoms with Crippen molar-refractivity contribution in [2.45, 2.75) is 105 Å². The zero-order valence-corrected chi connectivity index (χ0v) is 44.3. The Morgan fingerprint density at radius 2 is 1.76 bits per heavy atom. The number of amides is 4. The fourth-order valence-electron chi connectivity index (χ4n) is 9.41. The lowest BCUT2D eigenvalue weighted by Crippen LogP contribution is -2.58. The number of H-pyrrole nitrogens is 1. The molecule has 1 saturated carbocycles. The summed E-state index contributed by atoms with van der Waals surface area (Å²) in [6, 6.07) is 11.8. The topological polar surface area (TPSA) is 266 Å². The van der Waals surface area contributed by atoms with E-state index in [0.717, 1.165) is 73.8 Å². The van der Waals surface area contributed by atoms with Crippen molar-refractivity contribution in [2.24, 2.45) is 5.41 Å². The summed E-state index contributed by atoms with van der Waals surface area (Å²) >= 11 is 1.56. The Labute approximate surface area is 437 Å². The van der Waals surface area contributed by atoms with Gasteiger partial charge in [-0.1, -0.05) is 50.2 Å². The van der Waals surface area contributed by atoms with Gasteiger partial charge in [0.2, 0.25) is 23.5 Å². The van der Waals surface area contributed by atoms with Gasteiger partial charge in [-0.05, 0) is 69.2 Å². The number of β-amino-alcohol motifs (C(OH)–C–C–N with tert-alkyl or cyclic N) is 1. The fraction of sp³-hybridized carbons (Fsp3) is 0.453. The second kappa shape index (κ2) is 22.3. The highest BCUT2D eigenvalue weighted by atomic mass is 32.1. The smallest absolute Gasteiger partial charge is 0.289 e. The zero-order valence-electron chi connectivity index (χ0n) is 43.5. The first-order chi connectivity index (χ1) is 36.0. The summed E-state index contributed by atoms with van der Waals surface area (Å²) in [4.78, 5) is 74.1. The number of thiazole rings is 1. The minimum Gasteiger partial charge on any atom is -0.496 e. The van der Waals surface area contributed by atoms with Gasteiger partial charge in [0.1, 0.15) is 47.5 Å². The molecule has 3 atom stereocenters. The number of nitrogens with one attached hydrogen (secondary N) is 5. The number of hydrogen-bond acceptors (Lipinski definition) is 16. The minimum atomic E-state index is -1.01. The number of hydrogen-bond donors (Lipinski definition) is 6. The van der Waals surface area contributed by atoms with Crippen molar-refractivity contribution >= 4 is 68.5 Å². The second-order valence-electron chi connectivity index (χ2n) is 20.1. The predicted octanol–water partition coefficient (Wildman–Crippen LogP) is 6.23. The molecule has 22 heteroatoms. The first-order valence-corrected chi connectivity index (χ1v) is 26.1. The molecule has 6 heterocycles. The molecule has 1 aliphatic heterocycles. The molecule has 0 spiro atoms. The van der Waals surface area contributed by atoms with Crippen LogP contribution in [0, 0.1) is 26.2 Å². The Morgan fingerprint density at radius 3 is 2.44 bits per heavy atom. The molecule has 2 fully saturated rings. The average Bonchev–Trinajstić information content (AvgIpc) is 3.67. The SMILES string of the molecule is CCn1nc(C2CC2)cc1Nc1nc(C(=O)NCCOCCOCC(=O)N[C@H](C(=O)N2C[C@H](O)C[C@H]2C(=O)NCc2ccc(-c3scnc3C)cc2)C(C)(C)C)nc2[nH]c3cc(-c4c(C)noc4C)c(OC)cc3c12. The lowest BCUT2D eigenvalue weighted by Gasteiger charge is -2.35. The van der Waals surface area contributed by atoms with Crippen molar-refractivity contribution in [1.82, 2.24) is 55.7 Å². The van der Waals surface area contributed by atoms with Crippen molar-refractivity contribution in [2.75, 3.05) is 51.9 Å². The van der Waals surface area contributed by atoms with E-state index < -0.39 is 47.2 Å². The highest BCUT2D eigenvalue weighted by Gasteiger charge is 2.44. The molecule has 1 saturated heterocycles. The number of aryl methyl sites for hydroxylation is 4. The number of anilines is 2. The second-order valence-corrected chi connectivity index (χ2v) is 20.9. The number of carbonyl (C=O) groups is 4. The van der Waals surface area contributed by atoms with E-state index in [0.29, 0.717) is 40.8 Å². The van der Waals surface area contributed by atoms with Crippen LogP contribution in [0.4, 0.5) is 11.6 Å². The maximum absolute atomic E-state index is 14.1. The van der Waals surface area contributed by atoms with E-state index in [1.807, 2.05) is 95.6 Å². The van der Waals surface area contributed by atoms with Gasteiger partial charge >= 0.3 is 0 Å². The van der Waals surface area contributed by atoms with Crippen molar-refractivity contribution in [3.8, 4) is 27.3 Å². The summed E-state index contributed by atoms with van der Waals surface area (Å²) in [6.45, 7) is 14.0. The highest BCUT2D eigenvalue weighted by Crippen LogP contribution is 2.43. The molecule has 7 aromatic rings. The monoisotopic (exact) mass is 1040 g/mol. The van der Waals surface area contributed by atoms with Crippen LogP contribution in [0.5, 0.6) is 5.75 Å². The van der Waals surface area contributed by atoms with Crippen LogP contribution in [-0.2, 0) is 36.9 Å². The number of benzene rings is 2. The molecular weight excluding hydrogens is 981 g/mol. The predicted molar refractivity (Wildman–Crippen MR) is 282 cm³/mol. The molecule has 75 heavy (non-hydrogen) atoms. The average molecular weight is 1050 g/mol. The number of aliphatic hydroxyl groups is 1. The Morgan fingerprint density at radius 1 is 0.987 bits per heavy atom. The summed E-state index contributed by atoms with van der Waals surface area (Å²) in [5.41, 5.74) is 8.45. The van der Waals surface area contributed by atoms with E-state index in [2.05, 4.69) is 41.4 Å². The number of aromatic amines is 1. The molecule has 5 aromatic heterocycles. The first kappa shape index (κ1) is 52.6. The molecule has 0 bridgehead atoms. The van der Waals surface area contributed by atoms with Crippen LogP contribution in [0.2, 0.25) is 0 Å². The number of aromatic nitrogens is 7. The van der Waals surface area contributed by atoms with E-state index in [1.54, 1.807) is 24.0 Å². The third-order valence-corrected chi connectivity index (χ3v) is 14.4. The van der Waals surface area contributed by atoms with Gasteiger partial charge in [-0.25, -0.2) is 19.6 Å². The first-order valence-electron chi connectivity index (χ1n) is 25.2. The fourth-order valence-corrected chi connectivity index (χ4v) is 10.2. The number of fused-ring (bicyclic) bond motifs is 3. The molecule has 21 nitrogen and oxygen atoms in total. The number of rotatable bonds is 21.